The Bertz CT molecular complexity index is 542. The van der Waals surface area contributed by atoms with E-state index in [4.69, 9.17) is 9.47 Å². The van der Waals surface area contributed by atoms with E-state index >= 15 is 0 Å². The molecule has 130 valence electrons. The van der Waals surface area contributed by atoms with Crippen molar-refractivity contribution in [1.29, 1.82) is 0 Å². The van der Waals surface area contributed by atoms with E-state index in [2.05, 4.69) is 19.1 Å². The summed E-state index contributed by atoms with van der Waals surface area (Å²) < 4.78 is 11.6. The maximum atomic E-state index is 9.52. The van der Waals surface area contributed by atoms with Gasteiger partial charge in [0.05, 0.1) is 25.9 Å². The Hall–Kier alpha value is -1.68. The number of hydrogen-bond acceptors (Lipinski definition) is 3. The lowest BCUT2D eigenvalue weighted by molar-refractivity contribution is -0.0130. The molecule has 0 saturated heterocycles. The quantitative estimate of drug-likeness (QED) is 0.628. The fraction of sp³-hybridized carbons (Fsp3) is 0.429. The van der Waals surface area contributed by atoms with Crippen LogP contribution in [0.2, 0.25) is 0 Å². The molecule has 0 saturated carbocycles. The van der Waals surface area contributed by atoms with Crippen molar-refractivity contribution >= 4 is 0 Å². The number of benzene rings is 2. The molecule has 0 aliphatic rings. The second-order valence-corrected chi connectivity index (χ2v) is 6.27. The van der Waals surface area contributed by atoms with Gasteiger partial charge in [0.2, 0.25) is 0 Å². The number of rotatable bonds is 11. The van der Waals surface area contributed by atoms with Crippen LogP contribution in [0, 0.1) is 5.92 Å². The molecular weight excluding hydrogens is 300 g/mol. The van der Waals surface area contributed by atoms with Gasteiger partial charge in [-0.15, -0.1) is 0 Å². The molecule has 0 aliphatic carbocycles. The molecule has 0 amide bonds. The molecule has 2 atom stereocenters. The van der Waals surface area contributed by atoms with E-state index < -0.39 is 0 Å². The van der Waals surface area contributed by atoms with E-state index in [1.54, 1.807) is 0 Å². The SMILES string of the molecule is C[C@H](CCOCc1ccccc1)C[C@H](CO)OCc1ccccc1. The maximum Gasteiger partial charge on any atom is 0.0812 e. The van der Waals surface area contributed by atoms with E-state index in [9.17, 15) is 5.11 Å². The highest BCUT2D eigenvalue weighted by Crippen LogP contribution is 2.15. The minimum atomic E-state index is -0.116. The van der Waals surface area contributed by atoms with Crippen LogP contribution in [0.5, 0.6) is 0 Å². The third-order valence-electron chi connectivity index (χ3n) is 4.06. The Kier molecular flexibility index (Phi) is 8.53. The fourth-order valence-electron chi connectivity index (χ4n) is 2.60. The van der Waals surface area contributed by atoms with Gasteiger partial charge in [-0.05, 0) is 29.9 Å². The van der Waals surface area contributed by atoms with Gasteiger partial charge in [0.15, 0.2) is 0 Å². The van der Waals surface area contributed by atoms with Gasteiger partial charge >= 0.3 is 0 Å². The maximum absolute atomic E-state index is 9.52. The second-order valence-electron chi connectivity index (χ2n) is 6.27. The Morgan fingerprint density at radius 3 is 2.04 bits per heavy atom. The Morgan fingerprint density at radius 1 is 0.875 bits per heavy atom. The highest BCUT2D eigenvalue weighted by Gasteiger charge is 2.13. The van der Waals surface area contributed by atoms with Gasteiger partial charge in [0.1, 0.15) is 0 Å². The Labute approximate surface area is 145 Å². The van der Waals surface area contributed by atoms with Crippen LogP contribution >= 0.6 is 0 Å². The first-order valence-electron chi connectivity index (χ1n) is 8.66. The van der Waals surface area contributed by atoms with Crippen LogP contribution in [0.4, 0.5) is 0 Å². The van der Waals surface area contributed by atoms with Crippen LogP contribution in [0.3, 0.4) is 0 Å². The number of aliphatic hydroxyl groups excluding tert-OH is 1. The molecular formula is C21H28O3. The predicted octanol–water partition coefficient (Wildman–Crippen LogP) is 4.20. The zero-order valence-electron chi connectivity index (χ0n) is 14.4. The summed E-state index contributed by atoms with van der Waals surface area (Å²) in [6.07, 6.45) is 1.70. The van der Waals surface area contributed by atoms with Gasteiger partial charge in [-0.2, -0.15) is 0 Å². The standard InChI is InChI=1S/C21H28O3/c1-18(12-13-23-16-19-8-4-2-5-9-19)14-21(15-22)24-17-20-10-6-3-7-11-20/h2-11,18,21-22H,12-17H2,1H3/t18-,21-/m1/s1. The molecule has 0 radical (unpaired) electrons. The smallest absolute Gasteiger partial charge is 0.0812 e. The zero-order chi connectivity index (χ0) is 17.0. The average molecular weight is 328 g/mol. The van der Waals surface area contributed by atoms with Crippen LogP contribution in [-0.4, -0.2) is 24.4 Å². The van der Waals surface area contributed by atoms with Crippen molar-refractivity contribution < 1.29 is 14.6 Å². The molecule has 3 heteroatoms. The van der Waals surface area contributed by atoms with E-state index in [0.29, 0.717) is 19.1 Å². The van der Waals surface area contributed by atoms with Crippen molar-refractivity contribution in [1.82, 2.24) is 0 Å². The highest BCUT2D eigenvalue weighted by molar-refractivity contribution is 5.14. The third-order valence-corrected chi connectivity index (χ3v) is 4.06. The molecule has 0 unspecified atom stereocenters. The second kappa shape index (κ2) is 11.0. The molecule has 0 spiro atoms. The first kappa shape index (κ1) is 18.7. The van der Waals surface area contributed by atoms with Gasteiger partial charge in [0.25, 0.3) is 0 Å². The first-order chi connectivity index (χ1) is 11.8. The van der Waals surface area contributed by atoms with Crippen LogP contribution in [0.1, 0.15) is 30.9 Å². The molecule has 1 N–H and O–H groups in total. The van der Waals surface area contributed by atoms with Gasteiger partial charge < -0.3 is 14.6 Å². The largest absolute Gasteiger partial charge is 0.394 e. The minimum absolute atomic E-state index is 0.0576. The number of hydrogen-bond donors (Lipinski definition) is 1. The van der Waals surface area contributed by atoms with E-state index in [-0.39, 0.29) is 12.7 Å². The third kappa shape index (κ3) is 7.26. The van der Waals surface area contributed by atoms with Crippen molar-refractivity contribution in [3.8, 4) is 0 Å². The van der Waals surface area contributed by atoms with E-state index in [0.717, 1.165) is 25.0 Å². The predicted molar refractivity (Wildman–Crippen MR) is 96.6 cm³/mol. The lowest BCUT2D eigenvalue weighted by Crippen LogP contribution is -2.21. The summed E-state index contributed by atoms with van der Waals surface area (Å²) in [6.45, 7) is 4.17. The van der Waals surface area contributed by atoms with Gasteiger partial charge in [-0.3, -0.25) is 0 Å². The van der Waals surface area contributed by atoms with Crippen molar-refractivity contribution in [2.45, 2.75) is 39.1 Å². The summed E-state index contributed by atoms with van der Waals surface area (Å²) in [6, 6.07) is 20.3. The fourth-order valence-corrected chi connectivity index (χ4v) is 2.60. The summed E-state index contributed by atoms with van der Waals surface area (Å²) >= 11 is 0. The molecule has 2 aromatic rings. The topological polar surface area (TPSA) is 38.7 Å². The van der Waals surface area contributed by atoms with Crippen LogP contribution in [0.25, 0.3) is 0 Å². The minimum Gasteiger partial charge on any atom is -0.394 e. The average Bonchev–Trinajstić information content (AvgIpc) is 2.64. The van der Waals surface area contributed by atoms with Gasteiger partial charge in [-0.25, -0.2) is 0 Å². The van der Waals surface area contributed by atoms with Gasteiger partial charge in [0, 0.05) is 6.61 Å². The Balaban J connectivity index is 1.61. The van der Waals surface area contributed by atoms with Crippen molar-refractivity contribution in [2.75, 3.05) is 13.2 Å². The Morgan fingerprint density at radius 2 is 1.46 bits per heavy atom. The zero-order valence-corrected chi connectivity index (χ0v) is 14.4. The molecule has 0 aromatic heterocycles. The van der Waals surface area contributed by atoms with Crippen molar-refractivity contribution in [3.63, 3.8) is 0 Å². The number of ether oxygens (including phenoxy) is 2. The molecule has 0 heterocycles. The van der Waals surface area contributed by atoms with Crippen molar-refractivity contribution in [2.24, 2.45) is 5.92 Å². The monoisotopic (exact) mass is 328 g/mol. The van der Waals surface area contributed by atoms with Crippen LogP contribution in [0.15, 0.2) is 60.7 Å². The molecule has 0 bridgehead atoms. The van der Waals surface area contributed by atoms with Crippen molar-refractivity contribution in [3.05, 3.63) is 71.8 Å². The molecule has 24 heavy (non-hydrogen) atoms. The normalized spacial score (nSPS) is 13.6. The van der Waals surface area contributed by atoms with Crippen LogP contribution in [-0.2, 0) is 22.7 Å². The summed E-state index contributed by atoms with van der Waals surface area (Å²) in [4.78, 5) is 0. The molecule has 2 rings (SSSR count). The lowest BCUT2D eigenvalue weighted by Gasteiger charge is -2.20. The molecule has 2 aromatic carbocycles. The first-order valence-corrected chi connectivity index (χ1v) is 8.66. The molecule has 0 fully saturated rings. The highest BCUT2D eigenvalue weighted by atomic mass is 16.5. The summed E-state index contributed by atoms with van der Waals surface area (Å²) in [5.41, 5.74) is 2.33. The van der Waals surface area contributed by atoms with E-state index in [1.807, 2.05) is 48.5 Å². The molecule has 0 aliphatic heterocycles. The number of aliphatic hydroxyl groups is 1. The molecule has 3 nitrogen and oxygen atoms in total. The summed E-state index contributed by atoms with van der Waals surface area (Å²) in [5, 5.41) is 9.52. The summed E-state index contributed by atoms with van der Waals surface area (Å²) in [5.74, 6) is 0.452. The summed E-state index contributed by atoms with van der Waals surface area (Å²) in [7, 11) is 0. The van der Waals surface area contributed by atoms with E-state index in [1.165, 1.54) is 5.56 Å². The van der Waals surface area contributed by atoms with Gasteiger partial charge in [-0.1, -0.05) is 67.6 Å². The van der Waals surface area contributed by atoms with Crippen LogP contribution < -0.4 is 0 Å². The lowest BCUT2D eigenvalue weighted by atomic mass is 10.0.